The molecular formula is C14H16N4O5S. The number of aromatic nitrogens is 1. The lowest BCUT2D eigenvalue weighted by Gasteiger charge is -2.07. The number of aromatic carboxylic acids is 1. The fraction of sp³-hybridized carbons (Fsp3) is 0.143. The first-order valence-corrected chi connectivity index (χ1v) is 8.32. The lowest BCUT2D eigenvalue weighted by Crippen LogP contribution is -2.28. The van der Waals surface area contributed by atoms with Gasteiger partial charge in [0.05, 0.1) is 0 Å². The predicted octanol–water partition coefficient (Wildman–Crippen LogP) is -0.407. The number of carboxylic acids is 1. The van der Waals surface area contributed by atoms with E-state index in [1.807, 2.05) is 0 Å². The van der Waals surface area contributed by atoms with E-state index in [0.29, 0.717) is 28.2 Å². The molecule has 1 aromatic heterocycles. The van der Waals surface area contributed by atoms with Gasteiger partial charge in [-0.3, -0.25) is 4.79 Å². The molecule has 1 amide bonds. The number of carboxylic acid groups (broad SMARTS) is 1. The van der Waals surface area contributed by atoms with Gasteiger partial charge in [-0.25, -0.2) is 13.9 Å². The summed E-state index contributed by atoms with van der Waals surface area (Å²) in [5, 5.41) is 16.9. The van der Waals surface area contributed by atoms with Crippen LogP contribution < -0.4 is 16.2 Å². The van der Waals surface area contributed by atoms with E-state index in [4.69, 9.17) is 10.9 Å². The quantitative estimate of drug-likeness (QED) is 0.553. The standard InChI is InChI=1S/C14H16N4O5S/c15-6-7-17-13(19)10-3-1-9(2-4-10)11-5-8-18(24(16,22)23)12(11)14(20)21/h1-5,8H,6-7,15H2,(H,17,19)(H,20,21)(H2,16,22,23). The Morgan fingerprint density at radius 1 is 1.17 bits per heavy atom. The molecule has 6 N–H and O–H groups in total. The Balaban J connectivity index is 2.41. The largest absolute Gasteiger partial charge is 0.477 e. The maximum Gasteiger partial charge on any atom is 0.354 e. The van der Waals surface area contributed by atoms with E-state index in [1.54, 1.807) is 0 Å². The van der Waals surface area contributed by atoms with Crippen molar-refractivity contribution in [2.75, 3.05) is 13.1 Å². The molecule has 1 aromatic carbocycles. The third-order valence-corrected chi connectivity index (χ3v) is 4.07. The second-order valence-corrected chi connectivity index (χ2v) is 6.27. The summed E-state index contributed by atoms with van der Waals surface area (Å²) in [4.78, 5) is 23.2. The third-order valence-electron chi connectivity index (χ3n) is 3.22. The highest BCUT2D eigenvalue weighted by atomic mass is 32.2. The molecule has 0 spiro atoms. The molecule has 24 heavy (non-hydrogen) atoms. The van der Waals surface area contributed by atoms with Gasteiger partial charge in [0.1, 0.15) is 0 Å². The minimum atomic E-state index is -4.24. The first kappa shape index (κ1) is 17.7. The van der Waals surface area contributed by atoms with Crippen molar-refractivity contribution in [2.45, 2.75) is 0 Å². The third kappa shape index (κ3) is 3.62. The number of amides is 1. The van der Waals surface area contributed by atoms with E-state index in [0.717, 1.165) is 6.20 Å². The van der Waals surface area contributed by atoms with Gasteiger partial charge in [-0.2, -0.15) is 8.42 Å². The summed E-state index contributed by atoms with van der Waals surface area (Å²) in [6.45, 7) is 0.647. The molecule has 0 unspecified atom stereocenters. The van der Waals surface area contributed by atoms with Crippen molar-refractivity contribution in [2.24, 2.45) is 10.9 Å². The molecule has 0 fully saturated rings. The van der Waals surface area contributed by atoms with Gasteiger partial charge < -0.3 is 16.2 Å². The van der Waals surface area contributed by atoms with Gasteiger partial charge in [-0.1, -0.05) is 12.1 Å². The zero-order valence-corrected chi connectivity index (χ0v) is 13.3. The van der Waals surface area contributed by atoms with E-state index in [9.17, 15) is 23.1 Å². The van der Waals surface area contributed by atoms with Crippen LogP contribution in [0, 0.1) is 0 Å². The molecule has 0 aliphatic rings. The highest BCUT2D eigenvalue weighted by Crippen LogP contribution is 2.26. The molecule has 0 aliphatic heterocycles. The minimum absolute atomic E-state index is 0.172. The predicted molar refractivity (Wildman–Crippen MR) is 86.7 cm³/mol. The van der Waals surface area contributed by atoms with Crippen LogP contribution in [0.5, 0.6) is 0 Å². The van der Waals surface area contributed by atoms with Gasteiger partial charge in [0, 0.05) is 30.4 Å². The Bertz CT molecular complexity index is 871. The number of nitrogens with zero attached hydrogens (tertiary/aromatic N) is 1. The van der Waals surface area contributed by atoms with Crippen LogP contribution in [-0.2, 0) is 10.2 Å². The Morgan fingerprint density at radius 2 is 1.79 bits per heavy atom. The summed E-state index contributed by atoms with van der Waals surface area (Å²) in [5.41, 5.74) is 5.81. The molecule has 1 heterocycles. The normalized spacial score (nSPS) is 11.2. The van der Waals surface area contributed by atoms with Crippen LogP contribution in [0.1, 0.15) is 20.8 Å². The van der Waals surface area contributed by atoms with Crippen LogP contribution in [0.15, 0.2) is 36.5 Å². The summed E-state index contributed by atoms with van der Waals surface area (Å²) in [5.74, 6) is -1.75. The lowest BCUT2D eigenvalue weighted by atomic mass is 10.0. The Labute approximate surface area is 138 Å². The van der Waals surface area contributed by atoms with Gasteiger partial charge in [0.2, 0.25) is 0 Å². The number of carbonyl (C=O) groups is 2. The molecule has 2 aromatic rings. The van der Waals surface area contributed by atoms with Gasteiger partial charge in [0.25, 0.3) is 5.91 Å². The van der Waals surface area contributed by atoms with Gasteiger partial charge in [0.15, 0.2) is 5.69 Å². The minimum Gasteiger partial charge on any atom is -0.477 e. The number of carbonyl (C=O) groups excluding carboxylic acids is 1. The number of benzene rings is 1. The van der Waals surface area contributed by atoms with Crippen LogP contribution in [0.4, 0.5) is 0 Å². The van der Waals surface area contributed by atoms with Gasteiger partial charge in [-0.15, -0.1) is 0 Å². The first-order valence-electron chi connectivity index (χ1n) is 6.82. The molecular weight excluding hydrogens is 336 g/mol. The summed E-state index contributed by atoms with van der Waals surface area (Å²) < 4.78 is 23.4. The fourth-order valence-corrected chi connectivity index (χ4v) is 2.82. The second kappa shape index (κ2) is 6.83. The van der Waals surface area contributed by atoms with Crippen molar-refractivity contribution in [3.63, 3.8) is 0 Å². The van der Waals surface area contributed by atoms with Crippen molar-refractivity contribution in [3.8, 4) is 11.1 Å². The highest BCUT2D eigenvalue weighted by Gasteiger charge is 2.22. The maximum atomic E-state index is 11.8. The van der Waals surface area contributed by atoms with E-state index < -0.39 is 21.9 Å². The first-order chi connectivity index (χ1) is 11.3. The van der Waals surface area contributed by atoms with E-state index in [1.165, 1.54) is 30.3 Å². The van der Waals surface area contributed by atoms with Gasteiger partial charge in [-0.05, 0) is 23.8 Å². The second-order valence-electron chi connectivity index (χ2n) is 4.85. The average Bonchev–Trinajstić information content (AvgIpc) is 2.98. The van der Waals surface area contributed by atoms with Crippen molar-refractivity contribution < 1.29 is 23.1 Å². The van der Waals surface area contributed by atoms with Crippen LogP contribution >= 0.6 is 0 Å². The molecule has 0 radical (unpaired) electrons. The summed E-state index contributed by atoms with van der Waals surface area (Å²) >= 11 is 0. The van der Waals surface area contributed by atoms with Crippen molar-refractivity contribution in [3.05, 3.63) is 47.8 Å². The van der Waals surface area contributed by atoms with Crippen LogP contribution in [0.25, 0.3) is 11.1 Å². The molecule has 0 saturated heterocycles. The van der Waals surface area contributed by atoms with Gasteiger partial charge >= 0.3 is 16.2 Å². The molecule has 0 atom stereocenters. The average molecular weight is 352 g/mol. The Kier molecular flexibility index (Phi) is 5.02. The van der Waals surface area contributed by atoms with Crippen molar-refractivity contribution in [1.82, 2.24) is 9.29 Å². The maximum absolute atomic E-state index is 11.8. The van der Waals surface area contributed by atoms with E-state index >= 15 is 0 Å². The zero-order chi connectivity index (χ0) is 17.9. The topological polar surface area (TPSA) is 158 Å². The summed E-state index contributed by atoms with van der Waals surface area (Å²) in [6, 6.07) is 7.37. The lowest BCUT2D eigenvalue weighted by molar-refractivity contribution is 0.0690. The van der Waals surface area contributed by atoms with Crippen molar-refractivity contribution in [1.29, 1.82) is 0 Å². The fourth-order valence-electron chi connectivity index (χ4n) is 2.16. The van der Waals surface area contributed by atoms with E-state index in [2.05, 4.69) is 5.32 Å². The molecule has 128 valence electrons. The van der Waals surface area contributed by atoms with E-state index in [-0.39, 0.29) is 11.5 Å². The molecule has 0 bridgehead atoms. The highest BCUT2D eigenvalue weighted by molar-refractivity contribution is 7.87. The number of nitrogens with two attached hydrogens (primary N) is 2. The van der Waals surface area contributed by atoms with Crippen LogP contribution in [0.3, 0.4) is 0 Å². The zero-order valence-electron chi connectivity index (χ0n) is 12.5. The number of hydrogen-bond acceptors (Lipinski definition) is 5. The molecule has 9 nitrogen and oxygen atoms in total. The van der Waals surface area contributed by atoms with Crippen molar-refractivity contribution >= 4 is 22.1 Å². The number of rotatable bonds is 6. The molecule has 10 heteroatoms. The molecule has 2 rings (SSSR count). The number of nitrogens with one attached hydrogen (secondary N) is 1. The van der Waals surface area contributed by atoms with Crippen LogP contribution in [0.2, 0.25) is 0 Å². The number of hydrogen-bond donors (Lipinski definition) is 4. The smallest absolute Gasteiger partial charge is 0.354 e. The monoisotopic (exact) mass is 352 g/mol. The van der Waals surface area contributed by atoms with Crippen LogP contribution in [-0.4, -0.2) is 42.5 Å². The molecule has 0 saturated carbocycles. The SMILES string of the molecule is NCCNC(=O)c1ccc(-c2ccn(S(N)(=O)=O)c2C(=O)O)cc1. The Morgan fingerprint density at radius 3 is 2.29 bits per heavy atom. The summed E-state index contributed by atoms with van der Waals surface area (Å²) in [6.07, 6.45) is 1.07. The summed E-state index contributed by atoms with van der Waals surface area (Å²) in [7, 11) is -4.24. The Hall–Kier alpha value is -2.69. The molecule has 0 aliphatic carbocycles.